The molecule has 0 radical (unpaired) electrons. The fourth-order valence-electron chi connectivity index (χ4n) is 1.05. The average molecular weight is 358 g/mol. The lowest BCUT2D eigenvalue weighted by Gasteiger charge is -2.32. The molecule has 124 valence electrons. The van der Waals surface area contributed by atoms with Crippen molar-refractivity contribution in [1.29, 1.82) is 0 Å². The van der Waals surface area contributed by atoms with E-state index in [-0.39, 0.29) is 0 Å². The standard InChI is InChI=1S/C6F10O4S/c7-1(8)2-19-4(11,5(12,13)20-2)3(9,10)6(14,15)21(16,17)18. The molecule has 1 unspecified atom stereocenters. The van der Waals surface area contributed by atoms with E-state index in [2.05, 4.69) is 9.47 Å². The van der Waals surface area contributed by atoms with Crippen LogP contribution >= 0.6 is 0 Å². The molecule has 1 aliphatic heterocycles. The topological polar surface area (TPSA) is 52.6 Å². The molecule has 0 aromatic heterocycles. The highest BCUT2D eigenvalue weighted by atomic mass is 32.3. The molecule has 1 aliphatic rings. The van der Waals surface area contributed by atoms with E-state index in [1.165, 1.54) is 0 Å². The first-order valence-corrected chi connectivity index (χ1v) is 5.59. The Bertz CT molecular complexity index is 578. The van der Waals surface area contributed by atoms with Gasteiger partial charge in [-0.15, -0.1) is 0 Å². The van der Waals surface area contributed by atoms with Crippen molar-refractivity contribution in [2.75, 3.05) is 0 Å². The number of halogens is 10. The molecular weight excluding hydrogens is 358 g/mol. The van der Waals surface area contributed by atoms with Crippen LogP contribution in [0.25, 0.3) is 0 Å². The van der Waals surface area contributed by atoms with Gasteiger partial charge in [0.25, 0.3) is 0 Å². The number of hydrogen-bond donors (Lipinski definition) is 0. The minimum Gasteiger partial charge on any atom is -0.409 e. The lowest BCUT2D eigenvalue weighted by atomic mass is 10.1. The van der Waals surface area contributed by atoms with Gasteiger partial charge in [-0.25, -0.2) is 0 Å². The van der Waals surface area contributed by atoms with Crippen LogP contribution in [0.3, 0.4) is 0 Å². The molecule has 0 saturated carbocycles. The molecule has 1 heterocycles. The van der Waals surface area contributed by atoms with E-state index >= 15 is 0 Å². The molecule has 4 nitrogen and oxygen atoms in total. The van der Waals surface area contributed by atoms with Crippen LogP contribution in [0.1, 0.15) is 0 Å². The summed E-state index contributed by atoms with van der Waals surface area (Å²) in [5.74, 6) is -16.4. The van der Waals surface area contributed by atoms with E-state index in [0.717, 1.165) is 0 Å². The molecule has 0 amide bonds. The minimum absolute atomic E-state index is 2.59. The summed E-state index contributed by atoms with van der Waals surface area (Å²) in [5, 5.41) is -7.07. The predicted octanol–water partition coefficient (Wildman–Crippen LogP) is 2.88. The number of rotatable bonds is 3. The van der Waals surface area contributed by atoms with Gasteiger partial charge in [-0.2, -0.15) is 47.9 Å². The average Bonchev–Trinajstić information content (AvgIpc) is 2.49. The Kier molecular flexibility index (Phi) is 3.61. The van der Waals surface area contributed by atoms with Crippen molar-refractivity contribution in [2.24, 2.45) is 0 Å². The van der Waals surface area contributed by atoms with Crippen LogP contribution in [-0.4, -0.2) is 31.6 Å². The van der Waals surface area contributed by atoms with Gasteiger partial charge in [-0.05, 0) is 0 Å². The van der Waals surface area contributed by atoms with Crippen LogP contribution in [0.4, 0.5) is 43.4 Å². The number of ether oxygens (including phenoxy) is 2. The van der Waals surface area contributed by atoms with E-state index in [4.69, 9.17) is 0 Å². The lowest BCUT2D eigenvalue weighted by molar-refractivity contribution is -0.386. The van der Waals surface area contributed by atoms with Crippen LogP contribution in [-0.2, 0) is 19.7 Å². The Morgan fingerprint density at radius 1 is 1.00 bits per heavy atom. The summed E-state index contributed by atoms with van der Waals surface area (Å²) in [4.78, 5) is 0. The lowest BCUT2D eigenvalue weighted by Crippen LogP contribution is -2.64. The van der Waals surface area contributed by atoms with Gasteiger partial charge in [0.15, 0.2) is 0 Å². The van der Waals surface area contributed by atoms with E-state index < -0.39 is 45.4 Å². The molecule has 0 aromatic carbocycles. The highest BCUT2D eigenvalue weighted by Gasteiger charge is 2.90. The van der Waals surface area contributed by atoms with Crippen LogP contribution in [0.5, 0.6) is 0 Å². The summed E-state index contributed by atoms with van der Waals surface area (Å²) in [5.41, 5.74) is 0. The van der Waals surface area contributed by atoms with Crippen molar-refractivity contribution in [3.63, 3.8) is 0 Å². The second-order valence-electron chi connectivity index (χ2n) is 3.39. The van der Waals surface area contributed by atoms with E-state index in [1.807, 2.05) is 0 Å². The first-order valence-electron chi connectivity index (χ1n) is 4.21. The van der Waals surface area contributed by atoms with Crippen molar-refractivity contribution in [3.8, 4) is 0 Å². The fourth-order valence-corrected chi connectivity index (χ4v) is 1.49. The minimum atomic E-state index is -7.62. The molecule has 0 aromatic rings. The zero-order valence-electron chi connectivity index (χ0n) is 8.82. The normalized spacial score (nSPS) is 26.3. The Labute approximate surface area is 108 Å². The van der Waals surface area contributed by atoms with E-state index in [0.29, 0.717) is 0 Å². The molecular formula is C6F10O4S. The SMILES string of the molecule is O=S(=O)(F)C(F)(F)C(F)(F)C1(F)OC(=C(F)F)OC1(F)F. The first-order chi connectivity index (χ1) is 9.01. The molecule has 21 heavy (non-hydrogen) atoms. The molecule has 0 aliphatic carbocycles. The van der Waals surface area contributed by atoms with Gasteiger partial charge in [0.1, 0.15) is 0 Å². The molecule has 1 atom stereocenters. The molecule has 1 rings (SSSR count). The van der Waals surface area contributed by atoms with Crippen molar-refractivity contribution in [3.05, 3.63) is 12.0 Å². The summed E-state index contributed by atoms with van der Waals surface area (Å²) in [7, 11) is -7.62. The summed E-state index contributed by atoms with van der Waals surface area (Å²) in [6.07, 6.45) is -9.62. The maximum atomic E-state index is 13.4. The van der Waals surface area contributed by atoms with Crippen molar-refractivity contribution in [1.82, 2.24) is 0 Å². The largest absolute Gasteiger partial charge is 0.480 e. The Balaban J connectivity index is 3.53. The maximum absolute atomic E-state index is 13.4. The van der Waals surface area contributed by atoms with Crippen molar-refractivity contribution < 1.29 is 61.3 Å². The summed E-state index contributed by atoms with van der Waals surface area (Å²) >= 11 is 0. The Morgan fingerprint density at radius 3 is 1.71 bits per heavy atom. The number of hydrogen-bond acceptors (Lipinski definition) is 4. The summed E-state index contributed by atoms with van der Waals surface area (Å²) < 4.78 is 151. The molecule has 1 saturated heterocycles. The van der Waals surface area contributed by atoms with Crippen molar-refractivity contribution >= 4 is 10.2 Å². The van der Waals surface area contributed by atoms with Gasteiger partial charge >= 0.3 is 45.4 Å². The molecule has 1 fully saturated rings. The maximum Gasteiger partial charge on any atom is 0.480 e. The second kappa shape index (κ2) is 4.30. The van der Waals surface area contributed by atoms with Crippen LogP contribution < -0.4 is 0 Å². The molecule has 15 heteroatoms. The third-order valence-electron chi connectivity index (χ3n) is 2.06. The highest BCUT2D eigenvalue weighted by molar-refractivity contribution is 7.87. The van der Waals surface area contributed by atoms with Gasteiger partial charge in [0, 0.05) is 0 Å². The van der Waals surface area contributed by atoms with Crippen LogP contribution in [0.2, 0.25) is 0 Å². The molecule has 0 bridgehead atoms. The van der Waals surface area contributed by atoms with Gasteiger partial charge < -0.3 is 9.47 Å². The summed E-state index contributed by atoms with van der Waals surface area (Å²) in [6.45, 7) is 0. The molecule has 0 spiro atoms. The highest BCUT2D eigenvalue weighted by Crippen LogP contribution is 2.59. The monoisotopic (exact) mass is 358 g/mol. The van der Waals surface area contributed by atoms with Gasteiger partial charge in [0.05, 0.1) is 0 Å². The van der Waals surface area contributed by atoms with Gasteiger partial charge in [-0.3, -0.25) is 0 Å². The van der Waals surface area contributed by atoms with Crippen LogP contribution in [0.15, 0.2) is 12.0 Å². The van der Waals surface area contributed by atoms with Gasteiger partial charge in [-0.1, -0.05) is 3.89 Å². The van der Waals surface area contributed by atoms with E-state index in [9.17, 15) is 51.8 Å². The third kappa shape index (κ3) is 2.17. The quantitative estimate of drug-likeness (QED) is 0.575. The zero-order chi connectivity index (χ0) is 17.1. The predicted molar refractivity (Wildman–Crippen MR) is 40.1 cm³/mol. The zero-order valence-corrected chi connectivity index (χ0v) is 9.64. The smallest absolute Gasteiger partial charge is 0.409 e. The van der Waals surface area contributed by atoms with Gasteiger partial charge in [0.2, 0.25) is 0 Å². The van der Waals surface area contributed by atoms with E-state index in [1.54, 1.807) is 0 Å². The summed E-state index contributed by atoms with van der Waals surface area (Å²) in [6, 6.07) is 0. The van der Waals surface area contributed by atoms with Crippen LogP contribution in [0, 0.1) is 0 Å². The third-order valence-corrected chi connectivity index (χ3v) is 2.93. The first kappa shape index (κ1) is 17.6. The Hall–Kier alpha value is -1.41. The fraction of sp³-hybridized carbons (Fsp3) is 0.667. The second-order valence-corrected chi connectivity index (χ2v) is 4.78. The molecule has 0 N–H and O–H groups in total. The van der Waals surface area contributed by atoms with Crippen molar-refractivity contribution in [2.45, 2.75) is 23.1 Å². The number of alkyl halides is 7. The Morgan fingerprint density at radius 2 is 1.43 bits per heavy atom.